The van der Waals surface area contributed by atoms with Crippen LogP contribution in [0, 0.1) is 12.8 Å². The van der Waals surface area contributed by atoms with Gasteiger partial charge in [-0.05, 0) is 44.7 Å². The van der Waals surface area contributed by atoms with Crippen molar-refractivity contribution in [2.75, 3.05) is 18.0 Å². The number of hydrogen-bond donors (Lipinski definition) is 2. The molecule has 5 heteroatoms. The van der Waals surface area contributed by atoms with Crippen LogP contribution in [0.4, 0.5) is 5.69 Å². The van der Waals surface area contributed by atoms with E-state index in [9.17, 15) is 14.7 Å². The van der Waals surface area contributed by atoms with Gasteiger partial charge in [-0.25, -0.2) is 0 Å². The van der Waals surface area contributed by atoms with Gasteiger partial charge in [0, 0.05) is 19.5 Å². The van der Waals surface area contributed by atoms with Crippen LogP contribution in [0.2, 0.25) is 0 Å². The monoisotopic (exact) mass is 318 g/mol. The molecule has 1 aromatic carbocycles. The van der Waals surface area contributed by atoms with E-state index >= 15 is 0 Å². The lowest BCUT2D eigenvalue weighted by molar-refractivity contribution is -0.117. The van der Waals surface area contributed by atoms with Gasteiger partial charge in [-0.3, -0.25) is 9.59 Å². The van der Waals surface area contributed by atoms with E-state index in [1.165, 1.54) is 0 Å². The molecule has 0 radical (unpaired) electrons. The highest BCUT2D eigenvalue weighted by molar-refractivity contribution is 6.05. The van der Waals surface area contributed by atoms with Gasteiger partial charge in [-0.2, -0.15) is 0 Å². The summed E-state index contributed by atoms with van der Waals surface area (Å²) in [4.78, 5) is 26.3. The van der Waals surface area contributed by atoms with Crippen LogP contribution in [0.15, 0.2) is 18.2 Å². The number of benzene rings is 1. The number of rotatable bonds is 6. The third-order valence-electron chi connectivity index (χ3n) is 4.12. The van der Waals surface area contributed by atoms with E-state index in [4.69, 9.17) is 0 Å². The predicted octanol–water partition coefficient (Wildman–Crippen LogP) is 2.26. The van der Waals surface area contributed by atoms with E-state index in [0.29, 0.717) is 37.2 Å². The molecule has 0 aromatic heterocycles. The zero-order valence-electron chi connectivity index (χ0n) is 14.1. The number of hydrogen-bond acceptors (Lipinski definition) is 3. The number of carbonyl (C=O) groups is 2. The highest BCUT2D eigenvalue weighted by atomic mass is 16.3. The van der Waals surface area contributed by atoms with Gasteiger partial charge in [-0.1, -0.05) is 18.6 Å². The predicted molar refractivity (Wildman–Crippen MR) is 90.6 cm³/mol. The number of aliphatic hydroxyl groups is 1. The van der Waals surface area contributed by atoms with Gasteiger partial charge in [-0.15, -0.1) is 0 Å². The minimum atomic E-state index is -0.376. The smallest absolute Gasteiger partial charge is 0.253 e. The van der Waals surface area contributed by atoms with Crippen molar-refractivity contribution >= 4 is 17.5 Å². The van der Waals surface area contributed by atoms with Crippen molar-refractivity contribution < 1.29 is 14.7 Å². The van der Waals surface area contributed by atoms with Gasteiger partial charge in [0.2, 0.25) is 5.91 Å². The number of anilines is 1. The van der Waals surface area contributed by atoms with Crippen molar-refractivity contribution in [3.63, 3.8) is 0 Å². The standard InChI is InChI=1S/C18H26N2O3/c1-12-6-7-16(20-8-4-5-17(20)22)15(10-12)18(23)19-11-13(2)9-14(3)21/h6-7,10,13-14,21H,4-5,8-9,11H2,1-3H3,(H,19,23). The lowest BCUT2D eigenvalue weighted by Crippen LogP contribution is -2.32. The molecule has 1 heterocycles. The molecule has 0 bridgehead atoms. The summed E-state index contributed by atoms with van der Waals surface area (Å²) in [6, 6.07) is 5.61. The lowest BCUT2D eigenvalue weighted by atomic mass is 10.0. The summed E-state index contributed by atoms with van der Waals surface area (Å²) in [6.07, 6.45) is 1.64. The van der Waals surface area contributed by atoms with Crippen LogP contribution in [-0.4, -0.2) is 36.1 Å². The first-order valence-corrected chi connectivity index (χ1v) is 8.25. The largest absolute Gasteiger partial charge is 0.393 e. The Hall–Kier alpha value is -1.88. The highest BCUT2D eigenvalue weighted by Crippen LogP contribution is 2.26. The Balaban J connectivity index is 2.12. The van der Waals surface area contributed by atoms with Crippen molar-refractivity contribution in [1.29, 1.82) is 0 Å². The minimum Gasteiger partial charge on any atom is -0.393 e. The van der Waals surface area contributed by atoms with Crippen molar-refractivity contribution in [2.45, 2.75) is 46.1 Å². The maximum Gasteiger partial charge on any atom is 0.253 e. The third-order valence-corrected chi connectivity index (χ3v) is 4.12. The van der Waals surface area contributed by atoms with E-state index in [1.807, 2.05) is 32.0 Å². The van der Waals surface area contributed by atoms with Crippen LogP contribution in [0.5, 0.6) is 0 Å². The summed E-state index contributed by atoms with van der Waals surface area (Å²) in [5.74, 6) is 0.104. The van der Waals surface area contributed by atoms with E-state index < -0.39 is 0 Å². The number of aliphatic hydroxyl groups excluding tert-OH is 1. The average Bonchev–Trinajstić information content (AvgIpc) is 2.90. The number of nitrogens with one attached hydrogen (secondary N) is 1. The maximum atomic E-state index is 12.6. The molecular formula is C18H26N2O3. The van der Waals surface area contributed by atoms with Crippen molar-refractivity contribution in [3.05, 3.63) is 29.3 Å². The number of carbonyl (C=O) groups excluding carboxylic acids is 2. The van der Waals surface area contributed by atoms with Crippen molar-refractivity contribution in [3.8, 4) is 0 Å². The first-order valence-electron chi connectivity index (χ1n) is 8.25. The summed E-state index contributed by atoms with van der Waals surface area (Å²) < 4.78 is 0. The van der Waals surface area contributed by atoms with Gasteiger partial charge < -0.3 is 15.3 Å². The second-order valence-electron chi connectivity index (χ2n) is 6.57. The van der Waals surface area contributed by atoms with Gasteiger partial charge in [0.25, 0.3) is 5.91 Å². The summed E-state index contributed by atoms with van der Waals surface area (Å²) in [5, 5.41) is 12.3. The Morgan fingerprint density at radius 1 is 1.39 bits per heavy atom. The molecule has 0 saturated carbocycles. The molecule has 1 aliphatic rings. The molecule has 2 rings (SSSR count). The second kappa shape index (κ2) is 7.59. The highest BCUT2D eigenvalue weighted by Gasteiger charge is 2.26. The molecule has 126 valence electrons. The fourth-order valence-corrected chi connectivity index (χ4v) is 3.00. The van der Waals surface area contributed by atoms with E-state index in [1.54, 1.807) is 11.8 Å². The SMILES string of the molecule is Cc1ccc(N2CCCC2=O)c(C(=O)NCC(C)CC(C)O)c1. The number of amides is 2. The Morgan fingerprint density at radius 2 is 2.13 bits per heavy atom. The molecule has 2 N–H and O–H groups in total. The lowest BCUT2D eigenvalue weighted by Gasteiger charge is -2.21. The summed E-state index contributed by atoms with van der Waals surface area (Å²) in [7, 11) is 0. The fourth-order valence-electron chi connectivity index (χ4n) is 3.00. The van der Waals surface area contributed by atoms with Crippen LogP contribution >= 0.6 is 0 Å². The average molecular weight is 318 g/mol. The summed E-state index contributed by atoms with van der Waals surface area (Å²) in [5.41, 5.74) is 2.23. The molecular weight excluding hydrogens is 292 g/mol. The first kappa shape index (κ1) is 17.5. The number of aryl methyl sites for hydroxylation is 1. The number of nitrogens with zero attached hydrogens (tertiary/aromatic N) is 1. The van der Waals surface area contributed by atoms with E-state index in [-0.39, 0.29) is 23.8 Å². The van der Waals surface area contributed by atoms with Crippen molar-refractivity contribution in [1.82, 2.24) is 5.32 Å². The quantitative estimate of drug-likeness (QED) is 0.845. The fraction of sp³-hybridized carbons (Fsp3) is 0.556. The van der Waals surface area contributed by atoms with Crippen molar-refractivity contribution in [2.24, 2.45) is 5.92 Å². The molecule has 5 nitrogen and oxygen atoms in total. The van der Waals surface area contributed by atoms with E-state index in [0.717, 1.165) is 12.0 Å². The minimum absolute atomic E-state index is 0.0744. The van der Waals surface area contributed by atoms with Gasteiger partial charge in [0.15, 0.2) is 0 Å². The Bertz CT molecular complexity index is 584. The molecule has 23 heavy (non-hydrogen) atoms. The molecule has 1 fully saturated rings. The zero-order valence-corrected chi connectivity index (χ0v) is 14.1. The third kappa shape index (κ3) is 4.55. The summed E-state index contributed by atoms with van der Waals surface area (Å²) in [6.45, 7) is 6.85. The topological polar surface area (TPSA) is 69.6 Å². The molecule has 1 saturated heterocycles. The van der Waals surface area contributed by atoms with Gasteiger partial charge in [0.05, 0.1) is 17.4 Å². The molecule has 1 aliphatic heterocycles. The Kier molecular flexibility index (Phi) is 5.77. The molecule has 0 aliphatic carbocycles. The molecule has 2 atom stereocenters. The second-order valence-corrected chi connectivity index (χ2v) is 6.57. The Morgan fingerprint density at radius 3 is 2.74 bits per heavy atom. The van der Waals surface area contributed by atoms with E-state index in [2.05, 4.69) is 5.32 Å². The van der Waals surface area contributed by atoms with Crippen LogP contribution in [0.3, 0.4) is 0 Å². The molecule has 1 aromatic rings. The van der Waals surface area contributed by atoms with Crippen LogP contribution in [-0.2, 0) is 4.79 Å². The first-order chi connectivity index (χ1) is 10.9. The van der Waals surface area contributed by atoms with Gasteiger partial charge in [0.1, 0.15) is 0 Å². The summed E-state index contributed by atoms with van der Waals surface area (Å²) >= 11 is 0. The molecule has 2 unspecified atom stereocenters. The molecule has 2 amide bonds. The van der Waals surface area contributed by atoms with Crippen LogP contribution in [0.25, 0.3) is 0 Å². The van der Waals surface area contributed by atoms with Crippen LogP contribution < -0.4 is 10.2 Å². The van der Waals surface area contributed by atoms with Gasteiger partial charge >= 0.3 is 0 Å². The maximum absolute atomic E-state index is 12.6. The molecule has 0 spiro atoms. The Labute approximate surface area is 137 Å². The van der Waals surface area contributed by atoms with Crippen LogP contribution in [0.1, 0.15) is 49.0 Å². The normalized spacial score (nSPS) is 17.2. The zero-order chi connectivity index (χ0) is 17.0.